The molecule has 0 radical (unpaired) electrons. The van der Waals surface area contributed by atoms with Gasteiger partial charge in [0.1, 0.15) is 0 Å². The average Bonchev–Trinajstić information content (AvgIpc) is 2.37. The van der Waals surface area contributed by atoms with Crippen molar-refractivity contribution in [2.75, 3.05) is 18.9 Å². The predicted molar refractivity (Wildman–Crippen MR) is 72.2 cm³/mol. The first-order valence-electron chi connectivity index (χ1n) is 5.81. The third-order valence-corrected chi connectivity index (χ3v) is 3.22. The third kappa shape index (κ3) is 5.24. The Morgan fingerprint density at radius 3 is 2.65 bits per heavy atom. The Hall–Kier alpha value is -1.00. The highest BCUT2D eigenvalue weighted by Gasteiger charge is 2.05. The summed E-state index contributed by atoms with van der Waals surface area (Å²) in [5, 5.41) is 0. The van der Waals surface area contributed by atoms with Gasteiger partial charge in [0, 0.05) is 18.1 Å². The smallest absolute Gasteiger partial charge is 0.338 e. The number of carbonyl (C=O) groups is 1. The van der Waals surface area contributed by atoms with Gasteiger partial charge in [-0.3, -0.25) is 0 Å². The van der Waals surface area contributed by atoms with Gasteiger partial charge in [0.2, 0.25) is 0 Å². The van der Waals surface area contributed by atoms with E-state index in [0.29, 0.717) is 18.7 Å². The normalized spacial score (nSPS) is 10.2. The standard InChI is InChI=1S/C13H19NO2S/c1-2-8-16-13(15)12-5-3-11(4-6-12)10-17-9-7-14/h3-6H,2,7-10,14H2,1H3. The molecule has 1 rings (SSSR count). The fourth-order valence-corrected chi connectivity index (χ4v) is 2.03. The lowest BCUT2D eigenvalue weighted by atomic mass is 10.1. The Morgan fingerprint density at radius 2 is 2.06 bits per heavy atom. The molecule has 0 atom stereocenters. The molecule has 1 aromatic carbocycles. The summed E-state index contributed by atoms with van der Waals surface area (Å²) in [6, 6.07) is 7.56. The highest BCUT2D eigenvalue weighted by Crippen LogP contribution is 2.13. The van der Waals surface area contributed by atoms with Gasteiger partial charge in [-0.2, -0.15) is 11.8 Å². The van der Waals surface area contributed by atoms with E-state index in [1.165, 1.54) is 5.56 Å². The fourth-order valence-electron chi connectivity index (χ4n) is 1.29. The number of rotatable bonds is 7. The molecular formula is C13H19NO2S. The second-order valence-electron chi connectivity index (χ2n) is 3.67. The van der Waals surface area contributed by atoms with E-state index in [-0.39, 0.29) is 5.97 Å². The molecule has 3 nitrogen and oxygen atoms in total. The largest absolute Gasteiger partial charge is 0.462 e. The molecule has 0 saturated carbocycles. The maximum atomic E-state index is 11.5. The number of benzene rings is 1. The Kier molecular flexibility index (Phi) is 6.74. The van der Waals surface area contributed by atoms with Crippen LogP contribution >= 0.6 is 11.8 Å². The van der Waals surface area contributed by atoms with E-state index in [4.69, 9.17) is 10.5 Å². The summed E-state index contributed by atoms with van der Waals surface area (Å²) in [5.41, 5.74) is 7.24. The van der Waals surface area contributed by atoms with Gasteiger partial charge in [0.15, 0.2) is 0 Å². The molecule has 0 aliphatic carbocycles. The van der Waals surface area contributed by atoms with Crippen LogP contribution in [0.25, 0.3) is 0 Å². The molecule has 94 valence electrons. The maximum absolute atomic E-state index is 11.5. The third-order valence-electron chi connectivity index (χ3n) is 2.16. The van der Waals surface area contributed by atoms with E-state index in [9.17, 15) is 4.79 Å². The Labute approximate surface area is 107 Å². The molecule has 0 bridgehead atoms. The van der Waals surface area contributed by atoms with Crippen LogP contribution in [0.4, 0.5) is 0 Å². The first kappa shape index (κ1) is 14.1. The van der Waals surface area contributed by atoms with Crippen molar-refractivity contribution in [1.82, 2.24) is 0 Å². The number of hydrogen-bond acceptors (Lipinski definition) is 4. The van der Waals surface area contributed by atoms with Crippen molar-refractivity contribution in [3.8, 4) is 0 Å². The highest BCUT2D eigenvalue weighted by molar-refractivity contribution is 7.98. The molecule has 2 N–H and O–H groups in total. The van der Waals surface area contributed by atoms with Crippen LogP contribution in [0.15, 0.2) is 24.3 Å². The summed E-state index contributed by atoms with van der Waals surface area (Å²) in [5.74, 6) is 1.65. The summed E-state index contributed by atoms with van der Waals surface area (Å²) < 4.78 is 5.05. The highest BCUT2D eigenvalue weighted by atomic mass is 32.2. The number of ether oxygens (including phenoxy) is 1. The number of hydrogen-bond donors (Lipinski definition) is 1. The summed E-state index contributed by atoms with van der Waals surface area (Å²) in [7, 11) is 0. The number of carbonyl (C=O) groups excluding carboxylic acids is 1. The minimum Gasteiger partial charge on any atom is -0.462 e. The maximum Gasteiger partial charge on any atom is 0.338 e. The van der Waals surface area contributed by atoms with E-state index < -0.39 is 0 Å². The van der Waals surface area contributed by atoms with Crippen molar-refractivity contribution < 1.29 is 9.53 Å². The minimum atomic E-state index is -0.243. The van der Waals surface area contributed by atoms with Crippen LogP contribution < -0.4 is 5.73 Å². The van der Waals surface area contributed by atoms with Crippen LogP contribution in [0.1, 0.15) is 29.3 Å². The molecule has 4 heteroatoms. The summed E-state index contributed by atoms with van der Waals surface area (Å²) >= 11 is 1.79. The first-order valence-corrected chi connectivity index (χ1v) is 6.97. The van der Waals surface area contributed by atoms with Crippen LogP contribution in [0.3, 0.4) is 0 Å². The topological polar surface area (TPSA) is 52.3 Å². The van der Waals surface area contributed by atoms with E-state index in [0.717, 1.165) is 17.9 Å². The van der Waals surface area contributed by atoms with Gasteiger partial charge in [-0.05, 0) is 24.1 Å². The molecule has 17 heavy (non-hydrogen) atoms. The van der Waals surface area contributed by atoms with Gasteiger partial charge in [0.05, 0.1) is 12.2 Å². The van der Waals surface area contributed by atoms with E-state index in [2.05, 4.69) is 0 Å². The zero-order valence-corrected chi connectivity index (χ0v) is 11.0. The zero-order chi connectivity index (χ0) is 12.5. The molecule has 0 amide bonds. The molecule has 0 aromatic heterocycles. The van der Waals surface area contributed by atoms with Crippen LogP contribution in [0.5, 0.6) is 0 Å². The van der Waals surface area contributed by atoms with Gasteiger partial charge in [-0.25, -0.2) is 4.79 Å². The van der Waals surface area contributed by atoms with E-state index >= 15 is 0 Å². The second-order valence-corrected chi connectivity index (χ2v) is 4.78. The van der Waals surface area contributed by atoms with Crippen molar-refractivity contribution in [2.45, 2.75) is 19.1 Å². The molecule has 0 heterocycles. The lowest BCUT2D eigenvalue weighted by Crippen LogP contribution is -2.05. The van der Waals surface area contributed by atoms with E-state index in [1.54, 1.807) is 11.8 Å². The van der Waals surface area contributed by atoms with Crippen LogP contribution in [0, 0.1) is 0 Å². The first-order chi connectivity index (χ1) is 8.27. The quantitative estimate of drug-likeness (QED) is 0.599. The molecule has 0 aliphatic heterocycles. The van der Waals surface area contributed by atoms with Crippen molar-refractivity contribution in [3.63, 3.8) is 0 Å². The molecule has 0 aliphatic rings. The van der Waals surface area contributed by atoms with Crippen LogP contribution in [-0.4, -0.2) is 24.9 Å². The lowest BCUT2D eigenvalue weighted by molar-refractivity contribution is 0.0505. The van der Waals surface area contributed by atoms with Crippen molar-refractivity contribution in [1.29, 1.82) is 0 Å². The fraction of sp³-hybridized carbons (Fsp3) is 0.462. The predicted octanol–water partition coefficient (Wildman–Crippen LogP) is 2.45. The van der Waals surface area contributed by atoms with Gasteiger partial charge < -0.3 is 10.5 Å². The average molecular weight is 253 g/mol. The monoisotopic (exact) mass is 253 g/mol. The number of nitrogens with two attached hydrogens (primary N) is 1. The van der Waals surface area contributed by atoms with Crippen LogP contribution in [-0.2, 0) is 10.5 Å². The Morgan fingerprint density at radius 1 is 1.35 bits per heavy atom. The molecule has 0 unspecified atom stereocenters. The van der Waals surface area contributed by atoms with Gasteiger partial charge in [0.25, 0.3) is 0 Å². The summed E-state index contributed by atoms with van der Waals surface area (Å²) in [6.07, 6.45) is 0.847. The molecule has 0 saturated heterocycles. The lowest BCUT2D eigenvalue weighted by Gasteiger charge is -2.04. The molecule has 0 fully saturated rings. The van der Waals surface area contributed by atoms with E-state index in [1.807, 2.05) is 31.2 Å². The zero-order valence-electron chi connectivity index (χ0n) is 10.1. The molecule has 1 aromatic rings. The minimum absolute atomic E-state index is 0.243. The van der Waals surface area contributed by atoms with Crippen molar-refractivity contribution >= 4 is 17.7 Å². The van der Waals surface area contributed by atoms with Gasteiger partial charge >= 0.3 is 5.97 Å². The summed E-state index contributed by atoms with van der Waals surface area (Å²) in [4.78, 5) is 11.5. The summed E-state index contributed by atoms with van der Waals surface area (Å²) in [6.45, 7) is 3.16. The van der Waals surface area contributed by atoms with Gasteiger partial charge in [-0.1, -0.05) is 19.1 Å². The number of esters is 1. The van der Waals surface area contributed by atoms with Crippen LogP contribution in [0.2, 0.25) is 0 Å². The Bertz CT molecular complexity index is 338. The second kappa shape index (κ2) is 8.14. The molecule has 0 spiro atoms. The number of thioether (sulfide) groups is 1. The van der Waals surface area contributed by atoms with Gasteiger partial charge in [-0.15, -0.1) is 0 Å². The van der Waals surface area contributed by atoms with Crippen molar-refractivity contribution in [3.05, 3.63) is 35.4 Å². The SMILES string of the molecule is CCCOC(=O)c1ccc(CSCCN)cc1. The molecular weight excluding hydrogens is 234 g/mol. The Balaban J connectivity index is 2.46. The van der Waals surface area contributed by atoms with Crippen molar-refractivity contribution in [2.24, 2.45) is 5.73 Å².